The van der Waals surface area contributed by atoms with Gasteiger partial charge in [0.1, 0.15) is 11.5 Å². The van der Waals surface area contributed by atoms with Crippen LogP contribution in [-0.4, -0.2) is 9.97 Å². The molecule has 0 aliphatic rings. The highest BCUT2D eigenvalue weighted by Gasteiger charge is 2.18. The Labute approximate surface area is 162 Å². The number of oxazole rings is 2. The summed E-state index contributed by atoms with van der Waals surface area (Å²) < 4.78 is 11.9. The lowest BCUT2D eigenvalue weighted by atomic mass is 10.1. The number of thioether (sulfide) groups is 1. The lowest BCUT2D eigenvalue weighted by molar-refractivity contribution is 0.449. The molecule has 0 unspecified atom stereocenters. The third-order valence-electron chi connectivity index (χ3n) is 4.15. The average molecular weight is 376 g/mol. The van der Waals surface area contributed by atoms with E-state index in [2.05, 4.69) is 18.8 Å². The molecule has 0 amide bonds. The minimum atomic E-state index is 0.326. The lowest BCUT2D eigenvalue weighted by Gasteiger charge is -2.00. The second-order valence-corrected chi connectivity index (χ2v) is 7.42. The maximum Gasteiger partial charge on any atom is 0.257 e. The highest BCUT2D eigenvalue weighted by atomic mass is 32.2. The van der Waals surface area contributed by atoms with Crippen LogP contribution in [0.3, 0.4) is 0 Å². The van der Waals surface area contributed by atoms with Gasteiger partial charge in [0.2, 0.25) is 5.89 Å². The molecule has 0 aliphatic heterocycles. The summed E-state index contributed by atoms with van der Waals surface area (Å²) in [6.45, 7) is 4.17. The normalized spacial score (nSPS) is 11.2. The van der Waals surface area contributed by atoms with Crippen molar-refractivity contribution in [1.29, 1.82) is 0 Å². The zero-order valence-electron chi connectivity index (χ0n) is 15.3. The van der Waals surface area contributed by atoms with Crippen molar-refractivity contribution in [2.75, 3.05) is 0 Å². The fourth-order valence-electron chi connectivity index (χ4n) is 2.72. The molecule has 4 rings (SSSR count). The molecule has 0 fully saturated rings. The highest BCUT2D eigenvalue weighted by Crippen LogP contribution is 2.36. The topological polar surface area (TPSA) is 52.1 Å². The van der Waals surface area contributed by atoms with Crippen LogP contribution in [0.5, 0.6) is 0 Å². The van der Waals surface area contributed by atoms with Crippen molar-refractivity contribution in [1.82, 2.24) is 9.97 Å². The molecular formula is C22H20N2O2S. The van der Waals surface area contributed by atoms with Gasteiger partial charge in [0, 0.05) is 17.0 Å². The Morgan fingerprint density at radius 3 is 2.19 bits per heavy atom. The molecule has 2 aromatic carbocycles. The molecule has 0 spiro atoms. The van der Waals surface area contributed by atoms with E-state index in [0.717, 1.165) is 28.3 Å². The van der Waals surface area contributed by atoms with Crippen LogP contribution >= 0.6 is 11.8 Å². The number of hydrogen-bond donors (Lipinski definition) is 0. The van der Waals surface area contributed by atoms with Crippen LogP contribution in [0.2, 0.25) is 0 Å². The Morgan fingerprint density at radius 2 is 1.56 bits per heavy atom. The first-order valence-electron chi connectivity index (χ1n) is 8.90. The summed E-state index contributed by atoms with van der Waals surface area (Å²) in [4.78, 5) is 9.08. The summed E-state index contributed by atoms with van der Waals surface area (Å²) in [6.07, 6.45) is 1.79. The molecular weight excluding hydrogens is 356 g/mol. The van der Waals surface area contributed by atoms with E-state index >= 15 is 0 Å². The highest BCUT2D eigenvalue weighted by molar-refractivity contribution is 7.98. The number of rotatable bonds is 6. The van der Waals surface area contributed by atoms with Crippen LogP contribution in [-0.2, 0) is 5.75 Å². The molecule has 4 aromatic rings. The summed E-state index contributed by atoms with van der Waals surface area (Å²) in [6, 6.07) is 20.2. The van der Waals surface area contributed by atoms with Gasteiger partial charge in [-0.3, -0.25) is 0 Å². The van der Waals surface area contributed by atoms with E-state index in [4.69, 9.17) is 13.8 Å². The van der Waals surface area contributed by atoms with Crippen LogP contribution in [0, 0.1) is 0 Å². The minimum absolute atomic E-state index is 0.326. The SMILES string of the molecule is CC(C)c1cnc(CSc2nc(-c3ccccc3)c(-c3ccccc3)o2)o1. The van der Waals surface area contributed by atoms with E-state index in [1.807, 2.05) is 60.7 Å². The third-order valence-corrected chi connectivity index (χ3v) is 4.96. The van der Waals surface area contributed by atoms with E-state index in [1.54, 1.807) is 6.20 Å². The van der Waals surface area contributed by atoms with Gasteiger partial charge in [-0.2, -0.15) is 0 Å². The number of aromatic nitrogens is 2. The monoisotopic (exact) mass is 376 g/mol. The number of hydrogen-bond acceptors (Lipinski definition) is 5. The number of nitrogens with zero attached hydrogens (tertiary/aromatic N) is 2. The molecule has 136 valence electrons. The van der Waals surface area contributed by atoms with Crippen LogP contribution in [0.25, 0.3) is 22.6 Å². The van der Waals surface area contributed by atoms with Gasteiger partial charge in [-0.05, 0) is 0 Å². The fraction of sp³-hybridized carbons (Fsp3) is 0.182. The Kier molecular flexibility index (Phi) is 5.12. The van der Waals surface area contributed by atoms with Gasteiger partial charge in [-0.25, -0.2) is 9.97 Å². The predicted octanol–water partition coefficient (Wildman–Crippen LogP) is 6.41. The van der Waals surface area contributed by atoms with Crippen molar-refractivity contribution in [3.63, 3.8) is 0 Å². The Morgan fingerprint density at radius 1 is 0.889 bits per heavy atom. The first kappa shape index (κ1) is 17.6. The van der Waals surface area contributed by atoms with Gasteiger partial charge < -0.3 is 8.83 Å². The summed E-state index contributed by atoms with van der Waals surface area (Å²) in [5.74, 6) is 3.26. The average Bonchev–Trinajstić information content (AvgIpc) is 3.35. The van der Waals surface area contributed by atoms with Gasteiger partial charge in [0.15, 0.2) is 5.76 Å². The quantitative estimate of drug-likeness (QED) is 0.364. The first-order chi connectivity index (χ1) is 13.2. The van der Waals surface area contributed by atoms with Crippen molar-refractivity contribution in [2.24, 2.45) is 0 Å². The zero-order valence-corrected chi connectivity index (χ0v) is 16.1. The second kappa shape index (κ2) is 7.84. The van der Waals surface area contributed by atoms with E-state index in [9.17, 15) is 0 Å². The zero-order chi connectivity index (χ0) is 18.6. The lowest BCUT2D eigenvalue weighted by Crippen LogP contribution is -1.83. The standard InChI is InChI=1S/C22H20N2O2S/c1-15(2)18-13-23-19(25-18)14-27-22-24-20(16-9-5-3-6-10-16)21(26-22)17-11-7-4-8-12-17/h3-13,15H,14H2,1-2H3. The van der Waals surface area contributed by atoms with Gasteiger partial charge in [-0.1, -0.05) is 86.3 Å². The fourth-order valence-corrected chi connectivity index (χ4v) is 3.40. The molecule has 0 aliphatic carbocycles. The van der Waals surface area contributed by atoms with Crippen molar-refractivity contribution >= 4 is 11.8 Å². The van der Waals surface area contributed by atoms with Crippen LogP contribution in [0.15, 0.2) is 80.9 Å². The van der Waals surface area contributed by atoms with Crippen molar-refractivity contribution < 1.29 is 8.83 Å². The largest absolute Gasteiger partial charge is 0.445 e. The smallest absolute Gasteiger partial charge is 0.257 e. The molecule has 4 nitrogen and oxygen atoms in total. The molecule has 5 heteroatoms. The summed E-state index contributed by atoms with van der Waals surface area (Å²) in [5.41, 5.74) is 2.89. The van der Waals surface area contributed by atoms with E-state index in [-0.39, 0.29) is 0 Å². The molecule has 27 heavy (non-hydrogen) atoms. The summed E-state index contributed by atoms with van der Waals surface area (Å²) in [7, 11) is 0. The summed E-state index contributed by atoms with van der Waals surface area (Å²) >= 11 is 1.49. The molecule has 0 bridgehead atoms. The molecule has 0 saturated carbocycles. The third kappa shape index (κ3) is 3.98. The van der Waals surface area contributed by atoms with Crippen molar-refractivity contribution in [2.45, 2.75) is 30.7 Å². The molecule has 0 radical (unpaired) electrons. The second-order valence-electron chi connectivity index (χ2n) is 6.49. The van der Waals surface area contributed by atoms with Crippen LogP contribution < -0.4 is 0 Å². The van der Waals surface area contributed by atoms with Crippen LogP contribution in [0.4, 0.5) is 0 Å². The van der Waals surface area contributed by atoms with Gasteiger partial charge >= 0.3 is 0 Å². The maximum absolute atomic E-state index is 6.11. The predicted molar refractivity (Wildman–Crippen MR) is 108 cm³/mol. The summed E-state index contributed by atoms with van der Waals surface area (Å²) in [5, 5.41) is 0.608. The first-order valence-corrected chi connectivity index (χ1v) is 9.88. The Balaban J connectivity index is 1.62. The molecule has 2 aromatic heterocycles. The van der Waals surface area contributed by atoms with Gasteiger partial charge in [0.25, 0.3) is 5.22 Å². The number of benzene rings is 2. The van der Waals surface area contributed by atoms with Crippen molar-refractivity contribution in [3.8, 4) is 22.6 Å². The molecule has 0 N–H and O–H groups in total. The molecule has 0 saturated heterocycles. The Hall–Kier alpha value is -2.79. The van der Waals surface area contributed by atoms with Gasteiger partial charge in [0.05, 0.1) is 11.9 Å². The van der Waals surface area contributed by atoms with E-state index < -0.39 is 0 Å². The minimum Gasteiger partial charge on any atom is -0.445 e. The molecule has 2 heterocycles. The molecule has 0 atom stereocenters. The van der Waals surface area contributed by atoms with Crippen molar-refractivity contribution in [3.05, 3.63) is 78.5 Å². The van der Waals surface area contributed by atoms with E-state index in [1.165, 1.54) is 11.8 Å². The van der Waals surface area contributed by atoms with Gasteiger partial charge in [-0.15, -0.1) is 0 Å². The van der Waals surface area contributed by atoms with Crippen LogP contribution in [0.1, 0.15) is 31.4 Å². The Bertz CT molecular complexity index is 950. The van der Waals surface area contributed by atoms with E-state index in [0.29, 0.717) is 22.8 Å². The maximum atomic E-state index is 6.11.